The summed E-state index contributed by atoms with van der Waals surface area (Å²) >= 11 is 0. The van der Waals surface area contributed by atoms with Crippen LogP contribution in [0.2, 0.25) is 0 Å². The first-order chi connectivity index (χ1) is 0. The third-order valence-electron chi connectivity index (χ3n) is 0. The van der Waals surface area contributed by atoms with Crippen molar-refractivity contribution in [3.05, 3.63) is 0 Å². The van der Waals surface area contributed by atoms with Gasteiger partial charge < -0.3 is 0 Å². The minimum Gasteiger partial charge on any atom is 0 e. The smallest absolute Gasteiger partial charge is 0 e. The molecule has 6 heavy (non-hydrogen) atoms. The molecule has 0 amide bonds. The van der Waals surface area contributed by atoms with Gasteiger partial charge in [-0.1, -0.05) is 0 Å². The summed E-state index contributed by atoms with van der Waals surface area (Å²) in [7, 11) is 0. The molecule has 42 valence electrons. The van der Waals surface area contributed by atoms with Gasteiger partial charge in [0.05, 0.1) is 0 Å². The molecular formula is H4AlCrCuFeKRh. The molecule has 0 heterocycles. The first kappa shape index (κ1) is 47.7. The van der Waals surface area contributed by atoms with E-state index in [0.717, 1.165) is 0 Å². The van der Waals surface area contributed by atoms with Crippen LogP contribution in [0.3, 0.4) is 0 Å². The van der Waals surface area contributed by atoms with Gasteiger partial charge in [0.15, 0.2) is 17.4 Å². The fraction of sp³-hybridized carbons (Fsp3) is 0. The van der Waals surface area contributed by atoms with E-state index in [9.17, 15) is 0 Å². The normalized spacial score (nSPS) is 0. The van der Waals surface area contributed by atoms with Crippen molar-refractivity contribution in [1.29, 1.82) is 0 Å². The summed E-state index contributed by atoms with van der Waals surface area (Å²) in [5.74, 6) is 0. The minimum absolute atomic E-state index is 0. The Morgan fingerprint density at radius 1 is 1.00 bits per heavy atom. The maximum Gasteiger partial charge on any atom is 0 e. The van der Waals surface area contributed by atoms with Gasteiger partial charge in [-0.2, -0.15) is 0 Å². The van der Waals surface area contributed by atoms with Crippen LogP contribution in [0.1, 0.15) is 0 Å². The van der Waals surface area contributed by atoms with Crippen molar-refractivity contribution in [3.8, 4) is 0 Å². The van der Waals surface area contributed by atoms with Crippen LogP contribution in [0.15, 0.2) is 0 Å². The zero-order valence-corrected chi connectivity index (χ0v) is 6.36. The van der Waals surface area contributed by atoms with E-state index in [0.29, 0.717) is 0 Å². The molecule has 0 fully saturated rings. The van der Waals surface area contributed by atoms with Gasteiger partial charge in [0.25, 0.3) is 0 Å². The molecule has 2 radical (unpaired) electrons. The van der Waals surface area contributed by atoms with Gasteiger partial charge in [-0.15, -0.1) is 0 Å². The third kappa shape index (κ3) is 23.8. The standard InChI is InChI=1S/Al.Cr.Cu.Fe.K.Rh.4H. The van der Waals surface area contributed by atoms with Gasteiger partial charge in [-0.05, 0) is 0 Å². The molecule has 0 unspecified atom stereocenters. The molecule has 0 bridgehead atoms. The molecule has 0 saturated heterocycles. The van der Waals surface area contributed by atoms with Gasteiger partial charge in [0.2, 0.25) is 0 Å². The molecule has 0 atom stereocenters. The average Bonchev–Trinajstić information content (AvgIpc) is 0. The van der Waals surface area contributed by atoms with Gasteiger partial charge in [0, 0.05) is 71.0 Å². The molecule has 0 aromatic heterocycles. The van der Waals surface area contributed by atoms with Crippen molar-refractivity contribution in [1.82, 2.24) is 0 Å². The summed E-state index contributed by atoms with van der Waals surface area (Å²) in [5, 5.41) is 0. The van der Waals surface area contributed by atoms with Gasteiger partial charge >= 0.3 is 51.4 Å². The first-order valence-corrected chi connectivity index (χ1v) is 0. The Labute approximate surface area is 136 Å². The van der Waals surface area contributed by atoms with E-state index in [4.69, 9.17) is 0 Å². The van der Waals surface area contributed by atoms with Crippen molar-refractivity contribution < 1.29 is 71.0 Å². The van der Waals surface area contributed by atoms with E-state index in [-0.39, 0.29) is 140 Å². The van der Waals surface area contributed by atoms with Crippen LogP contribution in [0, 0.1) is 0 Å². The van der Waals surface area contributed by atoms with Crippen LogP contribution in [0.5, 0.6) is 0 Å². The van der Waals surface area contributed by atoms with Gasteiger partial charge in [-0.3, -0.25) is 0 Å². The quantitative estimate of drug-likeness (QED) is 0.453. The van der Waals surface area contributed by atoms with Crippen LogP contribution >= 0.6 is 0 Å². The van der Waals surface area contributed by atoms with Crippen molar-refractivity contribution in [2.75, 3.05) is 0 Å². The Morgan fingerprint density at radius 3 is 1.00 bits per heavy atom. The molecule has 0 spiro atoms. The average molecular weight is 344 g/mol. The zero-order chi connectivity index (χ0) is 0. The first-order valence-electron chi connectivity index (χ1n) is 0. The van der Waals surface area contributed by atoms with Crippen molar-refractivity contribution >= 4 is 68.7 Å². The number of hydrogen-bond donors (Lipinski definition) is 0. The predicted molar refractivity (Wildman–Crippen MR) is 17.1 cm³/mol. The maximum atomic E-state index is 0. The van der Waals surface area contributed by atoms with E-state index >= 15 is 0 Å². The van der Waals surface area contributed by atoms with E-state index in [1.807, 2.05) is 0 Å². The molecule has 0 aliphatic heterocycles. The van der Waals surface area contributed by atoms with Crippen LogP contribution in [0.4, 0.5) is 0 Å². The molecule has 0 nitrogen and oxygen atoms in total. The maximum absolute atomic E-state index is 0. The van der Waals surface area contributed by atoms with Crippen LogP contribution in [-0.4, -0.2) is 68.7 Å². The third-order valence-corrected chi connectivity index (χ3v) is 0. The number of rotatable bonds is 0. The van der Waals surface area contributed by atoms with Crippen LogP contribution in [0.25, 0.3) is 0 Å². The fourth-order valence-electron chi connectivity index (χ4n) is 0. The van der Waals surface area contributed by atoms with E-state index in [1.54, 1.807) is 0 Å². The Hall–Kier alpha value is 4.36. The Morgan fingerprint density at radius 2 is 1.00 bits per heavy atom. The Balaban J connectivity index is 0. The minimum atomic E-state index is 0. The molecule has 0 saturated carbocycles. The zero-order valence-electron chi connectivity index (χ0n) is 1.40. The van der Waals surface area contributed by atoms with Crippen LogP contribution in [-0.2, 0) is 71.0 Å². The van der Waals surface area contributed by atoms with E-state index in [1.165, 1.54) is 0 Å². The Bertz CT molecular complexity index is 15.5. The molecule has 0 aliphatic rings. The van der Waals surface area contributed by atoms with Gasteiger partial charge in [-0.25, -0.2) is 0 Å². The van der Waals surface area contributed by atoms with E-state index in [2.05, 4.69) is 0 Å². The molecule has 0 aliphatic carbocycles. The monoisotopic (exact) mass is 344 g/mol. The van der Waals surface area contributed by atoms with Crippen molar-refractivity contribution in [2.45, 2.75) is 0 Å². The second-order valence-corrected chi connectivity index (χ2v) is 0. The van der Waals surface area contributed by atoms with Crippen molar-refractivity contribution in [3.63, 3.8) is 0 Å². The largest absolute Gasteiger partial charge is 0 e. The fourth-order valence-corrected chi connectivity index (χ4v) is 0. The second kappa shape index (κ2) is 34.4. The molecular weight excluding hydrogens is 340 g/mol. The topological polar surface area (TPSA) is 0 Å². The molecule has 0 aromatic rings. The van der Waals surface area contributed by atoms with E-state index < -0.39 is 0 Å². The Kier molecular flexibility index (Phi) is 274. The van der Waals surface area contributed by atoms with Crippen LogP contribution < -0.4 is 0 Å². The molecule has 6 heteroatoms. The summed E-state index contributed by atoms with van der Waals surface area (Å²) in [5.41, 5.74) is 0. The van der Waals surface area contributed by atoms with Gasteiger partial charge in [0.1, 0.15) is 0 Å². The molecule has 0 rings (SSSR count). The molecule has 0 N–H and O–H groups in total. The van der Waals surface area contributed by atoms with Crippen molar-refractivity contribution in [2.24, 2.45) is 0 Å². The predicted octanol–water partition coefficient (Wildman–Crippen LogP) is -1.84. The summed E-state index contributed by atoms with van der Waals surface area (Å²) in [4.78, 5) is 0. The SMILES string of the molecule is [AlH3].[Cr].[Cu].[Fe].[KH].[Rh]. The number of hydrogen-bond acceptors (Lipinski definition) is 0. The summed E-state index contributed by atoms with van der Waals surface area (Å²) in [6.07, 6.45) is 0. The summed E-state index contributed by atoms with van der Waals surface area (Å²) < 4.78 is 0. The summed E-state index contributed by atoms with van der Waals surface area (Å²) in [6, 6.07) is 0. The summed E-state index contributed by atoms with van der Waals surface area (Å²) in [6.45, 7) is 0. The second-order valence-electron chi connectivity index (χ2n) is 0. The molecule has 0 aromatic carbocycles.